The topological polar surface area (TPSA) is 92.7 Å². The predicted octanol–water partition coefficient (Wildman–Crippen LogP) is 2.00. The molecule has 0 saturated carbocycles. The van der Waals surface area contributed by atoms with Crippen molar-refractivity contribution >= 4 is 22.7 Å². The molecule has 0 aliphatic carbocycles. The summed E-state index contributed by atoms with van der Waals surface area (Å²) >= 11 is 0. The van der Waals surface area contributed by atoms with Crippen molar-refractivity contribution in [1.29, 1.82) is 0 Å². The summed E-state index contributed by atoms with van der Waals surface area (Å²) in [6, 6.07) is 14.2. The van der Waals surface area contributed by atoms with E-state index in [9.17, 15) is 13.8 Å². The predicted molar refractivity (Wildman–Crippen MR) is 99.8 cm³/mol. The molecule has 1 amide bonds. The standard InChI is InChI=1S/C19H21NO5S/c1-26(24)13-15-3-2-4-16(11-15)19(23)20-10-9-14-5-7-17(8-6-14)25-12-18(21)22/h2-8,11H,9-10,12-13H2,1H3,(H,20,23)(H,21,22). The fraction of sp³-hybridized carbons (Fsp3) is 0.263. The molecule has 0 heterocycles. The maximum Gasteiger partial charge on any atom is 0.341 e. The molecule has 0 aliphatic rings. The van der Waals surface area contributed by atoms with Gasteiger partial charge in [0.2, 0.25) is 0 Å². The van der Waals surface area contributed by atoms with Crippen molar-refractivity contribution in [3.63, 3.8) is 0 Å². The van der Waals surface area contributed by atoms with E-state index in [-0.39, 0.29) is 12.5 Å². The number of benzene rings is 2. The molecule has 2 aromatic rings. The van der Waals surface area contributed by atoms with Crippen molar-refractivity contribution in [2.75, 3.05) is 19.4 Å². The highest BCUT2D eigenvalue weighted by molar-refractivity contribution is 7.83. The zero-order chi connectivity index (χ0) is 18.9. The molecule has 1 unspecified atom stereocenters. The average molecular weight is 375 g/mol. The highest BCUT2D eigenvalue weighted by Crippen LogP contribution is 2.12. The molecule has 0 aromatic heterocycles. The van der Waals surface area contributed by atoms with Crippen LogP contribution in [-0.2, 0) is 27.8 Å². The zero-order valence-electron chi connectivity index (χ0n) is 14.4. The third-order valence-corrected chi connectivity index (χ3v) is 4.28. The Hall–Kier alpha value is -2.67. The first-order valence-electron chi connectivity index (χ1n) is 8.05. The van der Waals surface area contributed by atoms with Gasteiger partial charge >= 0.3 is 5.97 Å². The molecule has 0 saturated heterocycles. The third kappa shape index (κ3) is 6.68. The second-order valence-electron chi connectivity index (χ2n) is 5.75. The van der Waals surface area contributed by atoms with Gasteiger partial charge in [-0.1, -0.05) is 24.3 Å². The van der Waals surface area contributed by atoms with E-state index < -0.39 is 16.8 Å². The molecule has 6 nitrogen and oxygen atoms in total. The maximum absolute atomic E-state index is 12.2. The number of aliphatic carboxylic acids is 1. The fourth-order valence-corrected chi connectivity index (χ4v) is 3.01. The van der Waals surface area contributed by atoms with Gasteiger partial charge in [-0.2, -0.15) is 0 Å². The van der Waals surface area contributed by atoms with Crippen LogP contribution < -0.4 is 10.1 Å². The second kappa shape index (κ2) is 9.72. The Morgan fingerprint density at radius 1 is 1.12 bits per heavy atom. The lowest BCUT2D eigenvalue weighted by molar-refractivity contribution is -0.139. The number of nitrogens with one attached hydrogen (secondary N) is 1. The van der Waals surface area contributed by atoms with Crippen LogP contribution in [0.4, 0.5) is 0 Å². The summed E-state index contributed by atoms with van der Waals surface area (Å²) in [6.45, 7) is 0.0954. The Balaban J connectivity index is 1.82. The largest absolute Gasteiger partial charge is 0.482 e. The zero-order valence-corrected chi connectivity index (χ0v) is 15.3. The Kier molecular flexibility index (Phi) is 7.35. The Morgan fingerprint density at radius 2 is 1.85 bits per heavy atom. The summed E-state index contributed by atoms with van der Waals surface area (Å²) in [5, 5.41) is 11.4. The van der Waals surface area contributed by atoms with Gasteiger partial charge < -0.3 is 15.2 Å². The van der Waals surface area contributed by atoms with Crippen molar-refractivity contribution in [2.24, 2.45) is 0 Å². The summed E-state index contributed by atoms with van der Waals surface area (Å²) in [5.74, 6) is -0.274. The minimum Gasteiger partial charge on any atom is -0.482 e. The average Bonchev–Trinajstić information content (AvgIpc) is 2.60. The third-order valence-electron chi connectivity index (χ3n) is 3.54. The number of ether oxygens (including phenoxy) is 1. The number of carbonyl (C=O) groups is 2. The van der Waals surface area contributed by atoms with Crippen molar-refractivity contribution in [3.05, 3.63) is 65.2 Å². The van der Waals surface area contributed by atoms with Gasteiger partial charge in [-0.25, -0.2) is 4.79 Å². The van der Waals surface area contributed by atoms with Crippen molar-refractivity contribution in [3.8, 4) is 5.75 Å². The smallest absolute Gasteiger partial charge is 0.341 e. The van der Waals surface area contributed by atoms with Gasteiger partial charge in [-0.3, -0.25) is 9.00 Å². The van der Waals surface area contributed by atoms with Crippen molar-refractivity contribution < 1.29 is 23.6 Å². The number of rotatable bonds is 9. The number of amides is 1. The van der Waals surface area contributed by atoms with Gasteiger partial charge in [0.1, 0.15) is 5.75 Å². The van der Waals surface area contributed by atoms with Crippen LogP contribution in [0, 0.1) is 0 Å². The molecule has 0 fully saturated rings. The van der Waals surface area contributed by atoms with E-state index in [0.29, 0.717) is 30.0 Å². The molecule has 0 spiro atoms. The minimum absolute atomic E-state index is 0.171. The molecule has 1 atom stereocenters. The molecular formula is C19H21NO5S. The van der Waals surface area contributed by atoms with Crippen LogP contribution in [0.15, 0.2) is 48.5 Å². The summed E-state index contributed by atoms with van der Waals surface area (Å²) < 4.78 is 16.4. The maximum atomic E-state index is 12.2. The molecule has 2 aromatic carbocycles. The highest BCUT2D eigenvalue weighted by atomic mass is 32.2. The summed E-state index contributed by atoms with van der Waals surface area (Å²) in [6.07, 6.45) is 2.27. The molecule has 2 N–H and O–H groups in total. The van der Waals surface area contributed by atoms with Crippen molar-refractivity contribution in [1.82, 2.24) is 5.32 Å². The van der Waals surface area contributed by atoms with E-state index >= 15 is 0 Å². The lowest BCUT2D eigenvalue weighted by Gasteiger charge is -2.08. The van der Waals surface area contributed by atoms with E-state index in [1.54, 1.807) is 36.6 Å². The van der Waals surface area contributed by atoms with E-state index in [4.69, 9.17) is 9.84 Å². The second-order valence-corrected chi connectivity index (χ2v) is 7.19. The lowest BCUT2D eigenvalue weighted by atomic mass is 10.1. The Bertz CT molecular complexity index is 789. The molecule has 26 heavy (non-hydrogen) atoms. The number of hydrogen-bond donors (Lipinski definition) is 2. The Labute approximate surface area is 154 Å². The molecular weight excluding hydrogens is 354 g/mol. The van der Waals surface area contributed by atoms with E-state index in [1.807, 2.05) is 18.2 Å². The van der Waals surface area contributed by atoms with Crippen LogP contribution >= 0.6 is 0 Å². The first-order valence-corrected chi connectivity index (χ1v) is 9.77. The molecule has 0 bridgehead atoms. The van der Waals surface area contributed by atoms with Crippen LogP contribution in [0.1, 0.15) is 21.5 Å². The van der Waals surface area contributed by atoms with Gasteiger partial charge in [-0.05, 0) is 41.8 Å². The van der Waals surface area contributed by atoms with E-state index in [0.717, 1.165) is 11.1 Å². The first kappa shape index (κ1) is 19.7. The fourth-order valence-electron chi connectivity index (χ4n) is 2.36. The quantitative estimate of drug-likeness (QED) is 0.699. The van der Waals surface area contributed by atoms with Crippen LogP contribution in [0.3, 0.4) is 0 Å². The van der Waals surface area contributed by atoms with Gasteiger partial charge in [0.15, 0.2) is 6.61 Å². The van der Waals surface area contributed by atoms with Crippen LogP contribution in [0.2, 0.25) is 0 Å². The summed E-state index contributed by atoms with van der Waals surface area (Å²) in [4.78, 5) is 22.7. The highest BCUT2D eigenvalue weighted by Gasteiger charge is 2.07. The normalized spacial score (nSPS) is 11.6. The van der Waals surface area contributed by atoms with Gasteiger partial charge in [0, 0.05) is 34.9 Å². The van der Waals surface area contributed by atoms with Crippen LogP contribution in [0.5, 0.6) is 5.75 Å². The molecule has 2 rings (SSSR count). The minimum atomic E-state index is -1.02. The van der Waals surface area contributed by atoms with E-state index in [1.165, 1.54) is 0 Å². The van der Waals surface area contributed by atoms with Crippen molar-refractivity contribution in [2.45, 2.75) is 12.2 Å². The lowest BCUT2D eigenvalue weighted by Crippen LogP contribution is -2.25. The first-order chi connectivity index (χ1) is 12.4. The summed E-state index contributed by atoms with van der Waals surface area (Å²) in [5.41, 5.74) is 2.42. The monoisotopic (exact) mass is 375 g/mol. The van der Waals surface area contributed by atoms with Gasteiger partial charge in [-0.15, -0.1) is 0 Å². The molecule has 138 valence electrons. The SMILES string of the molecule is CS(=O)Cc1cccc(C(=O)NCCc2ccc(OCC(=O)O)cc2)c1. The molecule has 7 heteroatoms. The number of hydrogen-bond acceptors (Lipinski definition) is 4. The molecule has 0 aliphatic heterocycles. The number of carboxylic acid groups (broad SMARTS) is 1. The van der Waals surface area contributed by atoms with Crippen LogP contribution in [0.25, 0.3) is 0 Å². The number of carbonyl (C=O) groups excluding carboxylic acids is 1. The van der Waals surface area contributed by atoms with Gasteiger partial charge in [0.25, 0.3) is 5.91 Å². The van der Waals surface area contributed by atoms with Gasteiger partial charge in [0.05, 0.1) is 0 Å². The Morgan fingerprint density at radius 3 is 2.50 bits per heavy atom. The summed E-state index contributed by atoms with van der Waals surface area (Å²) in [7, 11) is -0.949. The van der Waals surface area contributed by atoms with E-state index in [2.05, 4.69) is 5.32 Å². The van der Waals surface area contributed by atoms with Crippen LogP contribution in [-0.4, -0.2) is 40.6 Å². The molecule has 0 radical (unpaired) electrons. The number of carboxylic acids is 1.